The molecule has 0 spiro atoms. The molecular formula is C34H56Br2ClNO5Si2. The van der Waals surface area contributed by atoms with Gasteiger partial charge in [0.1, 0.15) is 17.6 Å². The molecule has 0 radical (unpaired) electrons. The molecule has 6 nitrogen and oxygen atoms in total. The highest BCUT2D eigenvalue weighted by Gasteiger charge is 2.48. The van der Waals surface area contributed by atoms with Crippen molar-refractivity contribution in [1.29, 1.82) is 0 Å². The number of rotatable bonds is 16. The fourth-order valence-electron chi connectivity index (χ4n) is 7.11. The molecule has 2 rings (SSSR count). The van der Waals surface area contributed by atoms with Gasteiger partial charge in [-0.05, 0) is 45.4 Å². The normalized spacial score (nSPS) is 13.7. The molecule has 0 aliphatic heterocycles. The minimum absolute atomic E-state index is 0.0561. The molecule has 2 aromatic rings. The number of alkyl halides is 3. The lowest BCUT2D eigenvalue weighted by Crippen LogP contribution is -2.51. The van der Waals surface area contributed by atoms with Gasteiger partial charge in [-0.3, -0.25) is 0 Å². The van der Waals surface area contributed by atoms with E-state index in [9.17, 15) is 10.1 Å². The van der Waals surface area contributed by atoms with Crippen molar-refractivity contribution in [3.63, 3.8) is 0 Å². The molecule has 0 saturated heterocycles. The Kier molecular flexibility index (Phi) is 17.8. The minimum Gasteiger partial charge on any atom is -0.542 e. The van der Waals surface area contributed by atoms with Crippen LogP contribution in [0.15, 0.2) is 48.5 Å². The van der Waals surface area contributed by atoms with Gasteiger partial charge in [-0.1, -0.05) is 151 Å². The predicted molar refractivity (Wildman–Crippen MR) is 203 cm³/mol. The van der Waals surface area contributed by atoms with E-state index < -0.39 is 27.8 Å². The van der Waals surface area contributed by atoms with Crippen molar-refractivity contribution >= 4 is 60.1 Å². The molecule has 0 N–H and O–H groups in total. The Morgan fingerprint density at radius 2 is 0.978 bits per heavy atom. The van der Waals surface area contributed by atoms with Crippen molar-refractivity contribution in [2.24, 2.45) is 0 Å². The Hall–Kier alpha value is -1.08. The van der Waals surface area contributed by atoms with E-state index in [0.717, 1.165) is 16.6 Å². The van der Waals surface area contributed by atoms with Gasteiger partial charge in [-0.25, -0.2) is 0 Å². The minimum atomic E-state index is -2.14. The zero-order valence-corrected chi connectivity index (χ0v) is 35.2. The van der Waals surface area contributed by atoms with E-state index in [1.165, 1.54) is 0 Å². The van der Waals surface area contributed by atoms with Gasteiger partial charge in [0.2, 0.25) is 0 Å². The van der Waals surface area contributed by atoms with Crippen LogP contribution in [0, 0.1) is 10.1 Å². The van der Waals surface area contributed by atoms with Crippen molar-refractivity contribution in [2.75, 3.05) is 10.7 Å². The molecule has 11 heteroatoms. The van der Waals surface area contributed by atoms with Crippen molar-refractivity contribution < 1.29 is 18.8 Å². The van der Waals surface area contributed by atoms with Crippen LogP contribution in [0.5, 0.6) is 11.5 Å². The second-order valence-corrected chi connectivity index (χ2v) is 26.1. The number of para-hydroxylation sites is 2. The monoisotopic (exact) mass is 807 g/mol. The molecule has 45 heavy (non-hydrogen) atoms. The summed E-state index contributed by atoms with van der Waals surface area (Å²) in [6.45, 7) is 27.1. The third kappa shape index (κ3) is 10.5. The van der Waals surface area contributed by atoms with E-state index in [1.54, 1.807) is 0 Å². The number of hydrogen-bond donors (Lipinski definition) is 0. The summed E-state index contributed by atoms with van der Waals surface area (Å²) in [6.07, 6.45) is -0.686. The molecule has 0 amide bonds. The van der Waals surface area contributed by atoms with Gasteiger partial charge in [0.25, 0.3) is 21.7 Å². The van der Waals surface area contributed by atoms with Crippen LogP contribution < -0.4 is 8.85 Å². The Labute approximate surface area is 297 Å². The third-order valence-corrected chi connectivity index (χ3v) is 23.0. The summed E-state index contributed by atoms with van der Waals surface area (Å²) in [5, 5.41) is 11.0. The predicted octanol–water partition coefficient (Wildman–Crippen LogP) is 12.8. The van der Waals surface area contributed by atoms with E-state index in [0.29, 0.717) is 49.9 Å². The average Bonchev–Trinajstić information content (AvgIpc) is 2.96. The molecule has 0 bridgehead atoms. The largest absolute Gasteiger partial charge is 0.542 e. The second-order valence-electron chi connectivity index (χ2n) is 13.5. The smallest absolute Gasteiger partial charge is 0.295 e. The van der Waals surface area contributed by atoms with Crippen LogP contribution in [0.2, 0.25) is 33.2 Å². The molecule has 2 unspecified atom stereocenters. The molecule has 0 aromatic heterocycles. The van der Waals surface area contributed by atoms with Gasteiger partial charge < -0.3 is 13.7 Å². The van der Waals surface area contributed by atoms with E-state index in [4.69, 9.17) is 25.3 Å². The van der Waals surface area contributed by atoms with Crippen LogP contribution in [-0.4, -0.2) is 32.4 Å². The van der Waals surface area contributed by atoms with Crippen molar-refractivity contribution in [2.45, 2.75) is 128 Å². The van der Waals surface area contributed by atoms with Crippen LogP contribution >= 0.6 is 43.5 Å². The summed E-state index contributed by atoms with van der Waals surface area (Å²) in [4.78, 5) is 15.6. The Bertz CT molecular complexity index is 1140. The Balaban J connectivity index is 0.000000454. The zero-order valence-electron chi connectivity index (χ0n) is 29.3. The van der Waals surface area contributed by atoms with Crippen LogP contribution in [0.3, 0.4) is 0 Å². The summed E-state index contributed by atoms with van der Waals surface area (Å²) in [5.41, 5.74) is 4.74. The molecule has 256 valence electrons. The molecule has 0 saturated carbocycles. The van der Waals surface area contributed by atoms with Gasteiger partial charge >= 0.3 is 0 Å². The highest BCUT2D eigenvalue weighted by Crippen LogP contribution is 2.46. The highest BCUT2D eigenvalue weighted by atomic mass is 79.9. The topological polar surface area (TPSA) is 70.8 Å². The van der Waals surface area contributed by atoms with E-state index in [2.05, 4.69) is 127 Å². The van der Waals surface area contributed by atoms with Gasteiger partial charge in [0.15, 0.2) is 0 Å². The first kappa shape index (κ1) is 41.9. The molecule has 2 aromatic carbocycles. The molecule has 0 fully saturated rings. The first-order chi connectivity index (χ1) is 20.9. The SMILES string of the molecule is CC(C)[Si](Oc1ccccc1C(CBr)O[N+](=O)[O-])(C(C)C)C(C)C.CC(C)[Si](Oc1ccccc1C(Cl)CBr)(C(C)C)C(C)C. The Morgan fingerprint density at radius 1 is 0.644 bits per heavy atom. The van der Waals surface area contributed by atoms with Gasteiger partial charge in [-0.15, -0.1) is 21.7 Å². The number of halogens is 3. The average molecular weight is 810 g/mol. The van der Waals surface area contributed by atoms with Gasteiger partial charge in [0, 0.05) is 21.8 Å². The third-order valence-electron chi connectivity index (χ3n) is 9.00. The van der Waals surface area contributed by atoms with E-state index in [-0.39, 0.29) is 5.38 Å². The lowest BCUT2D eigenvalue weighted by Gasteiger charge is -2.42. The molecule has 0 aliphatic carbocycles. The number of benzene rings is 2. The summed E-state index contributed by atoms with van der Waals surface area (Å²) >= 11 is 13.2. The van der Waals surface area contributed by atoms with Crippen LogP contribution in [0.4, 0.5) is 0 Å². The highest BCUT2D eigenvalue weighted by molar-refractivity contribution is 9.09. The quantitative estimate of drug-likeness (QED) is 0.0731. The van der Waals surface area contributed by atoms with Crippen LogP contribution in [-0.2, 0) is 4.84 Å². The van der Waals surface area contributed by atoms with Crippen molar-refractivity contribution in [1.82, 2.24) is 0 Å². The van der Waals surface area contributed by atoms with E-state index in [1.807, 2.05) is 36.4 Å². The zero-order chi connectivity index (χ0) is 34.7. The maximum Gasteiger partial charge on any atom is 0.295 e. The van der Waals surface area contributed by atoms with E-state index >= 15 is 0 Å². The standard InChI is InChI=1S/C17H28BrClOSi.C17H28BrNO4Si/c1-12(2)21(13(3)4,14(5)6)20-17-10-8-7-9-15(17)16(19)11-18;1-12(2)24(13(3)4,14(5)6)23-16-10-8-7-9-15(16)17(11-18)22-19(20)21/h7-10,12-14,16H,11H2,1-6H3;7-10,12-14,17H,11H2,1-6H3. The molecular weight excluding hydrogens is 754 g/mol. The van der Waals surface area contributed by atoms with Crippen LogP contribution in [0.25, 0.3) is 0 Å². The van der Waals surface area contributed by atoms with Crippen molar-refractivity contribution in [3.8, 4) is 11.5 Å². The van der Waals surface area contributed by atoms with Crippen molar-refractivity contribution in [3.05, 3.63) is 69.8 Å². The first-order valence-electron chi connectivity index (χ1n) is 16.1. The molecule has 0 heterocycles. The van der Waals surface area contributed by atoms with Crippen LogP contribution in [0.1, 0.15) is 106 Å². The summed E-state index contributed by atoms with van der Waals surface area (Å²) < 4.78 is 13.5. The van der Waals surface area contributed by atoms with Gasteiger partial charge in [-0.2, -0.15) is 0 Å². The Morgan fingerprint density at radius 3 is 1.29 bits per heavy atom. The number of hydrogen-bond acceptors (Lipinski definition) is 5. The lowest BCUT2D eigenvalue weighted by molar-refractivity contribution is -0.769. The lowest BCUT2D eigenvalue weighted by atomic mass is 10.1. The summed E-state index contributed by atoms with van der Waals surface area (Å²) in [5.74, 6) is 1.67. The fraction of sp³-hybridized carbons (Fsp3) is 0.647. The summed E-state index contributed by atoms with van der Waals surface area (Å²) in [6, 6.07) is 15.7. The maximum atomic E-state index is 10.8. The second kappa shape index (κ2) is 19.1. The fourth-order valence-corrected chi connectivity index (χ4v) is 18.7. The summed E-state index contributed by atoms with van der Waals surface area (Å²) in [7, 11) is -4.07. The van der Waals surface area contributed by atoms with Gasteiger partial charge in [0.05, 0.1) is 5.38 Å². The molecule has 2 atom stereocenters. The molecule has 0 aliphatic rings. The maximum absolute atomic E-state index is 10.8. The number of nitrogens with zero attached hydrogens (tertiary/aromatic N) is 1. The first-order valence-corrected chi connectivity index (χ1v) is 23.0.